The second-order valence-electron chi connectivity index (χ2n) is 2.13. The number of hydrogen-bond donors (Lipinski definition) is 1. The molecule has 0 fully saturated rings. The third kappa shape index (κ3) is 2.25. The summed E-state index contributed by atoms with van der Waals surface area (Å²) >= 11 is 0. The fourth-order valence-electron chi connectivity index (χ4n) is 0.666. The van der Waals surface area contributed by atoms with Crippen LogP contribution in [0.25, 0.3) is 0 Å². The summed E-state index contributed by atoms with van der Waals surface area (Å²) in [6, 6.07) is 6.34. The van der Waals surface area contributed by atoms with Crippen LogP contribution < -0.4 is 0 Å². The Labute approximate surface area is 97.0 Å². The molecule has 0 aliphatic heterocycles. The fourth-order valence-corrected chi connectivity index (χ4v) is 0.666. The van der Waals surface area contributed by atoms with Gasteiger partial charge in [-0.1, -0.05) is 13.8 Å². The predicted molar refractivity (Wildman–Crippen MR) is 36.4 cm³/mol. The van der Waals surface area contributed by atoms with Gasteiger partial charge in [-0.25, -0.2) is 0 Å². The van der Waals surface area contributed by atoms with Crippen LogP contribution in [0.5, 0.6) is 5.75 Å². The maximum absolute atomic E-state index is 9.04. The van der Waals surface area contributed by atoms with E-state index in [0.717, 1.165) is 11.1 Å². The molecule has 0 bridgehead atoms. The third-order valence-electron chi connectivity index (χ3n) is 1.50. The standard InChI is InChI=1S/C8H9O.Ac/c1-6-4-3-5-8(9)7(6)2;/h3-4,9H,1-2H3;/q-1;. The minimum atomic E-state index is 0. The van der Waals surface area contributed by atoms with Gasteiger partial charge in [-0.2, -0.15) is 17.7 Å². The molecular formula is C8H9AcO-. The summed E-state index contributed by atoms with van der Waals surface area (Å²) in [5.41, 5.74) is 2.02. The van der Waals surface area contributed by atoms with E-state index >= 15 is 0 Å². The monoisotopic (exact) mass is 348 g/mol. The van der Waals surface area contributed by atoms with Crippen LogP contribution in [-0.2, 0) is 0 Å². The molecule has 0 unspecified atom stereocenters. The van der Waals surface area contributed by atoms with Crippen LogP contribution in [0.2, 0.25) is 0 Å². The van der Waals surface area contributed by atoms with Crippen molar-refractivity contribution in [2.75, 3.05) is 0 Å². The molecule has 51 valence electrons. The Bertz CT molecular complexity index is 200. The van der Waals surface area contributed by atoms with Crippen molar-refractivity contribution in [1.82, 2.24) is 0 Å². The molecule has 0 spiro atoms. The van der Waals surface area contributed by atoms with Crippen molar-refractivity contribution < 1.29 is 49.2 Å². The van der Waals surface area contributed by atoms with Gasteiger partial charge in [0.05, 0.1) is 0 Å². The number of aryl methyl sites for hydroxylation is 1. The molecule has 0 aliphatic carbocycles. The smallest absolute Gasteiger partial charge is 0.00708 e. The molecule has 0 saturated carbocycles. The summed E-state index contributed by atoms with van der Waals surface area (Å²) in [6.07, 6.45) is 0. The minimum Gasteiger partial charge on any atom is -0.534 e. The third-order valence-corrected chi connectivity index (χ3v) is 1.50. The number of benzene rings is 1. The van der Waals surface area contributed by atoms with E-state index in [4.69, 9.17) is 5.11 Å². The molecule has 0 aromatic heterocycles. The fraction of sp³-hybridized carbons (Fsp3) is 0.250. The molecular weight excluding hydrogens is 339 g/mol. The Morgan fingerprint density at radius 3 is 2.40 bits per heavy atom. The average Bonchev–Trinajstić information content (AvgIpc) is 1.83. The van der Waals surface area contributed by atoms with E-state index in [9.17, 15) is 0 Å². The van der Waals surface area contributed by atoms with Gasteiger partial charge in [0, 0.05) is 49.8 Å². The van der Waals surface area contributed by atoms with Gasteiger partial charge in [0.15, 0.2) is 0 Å². The van der Waals surface area contributed by atoms with Gasteiger partial charge >= 0.3 is 0 Å². The first-order valence-electron chi connectivity index (χ1n) is 2.88. The quantitative estimate of drug-likeness (QED) is 0.709. The van der Waals surface area contributed by atoms with Gasteiger partial charge in [-0.3, -0.25) is 0 Å². The van der Waals surface area contributed by atoms with Crippen LogP contribution in [0.15, 0.2) is 12.1 Å². The normalized spacial score (nSPS) is 8.60. The minimum absolute atomic E-state index is 0. The SMILES string of the molecule is Cc1cc[c-]c(O)c1C.[Ac]. The molecule has 1 N–H and O–H groups in total. The van der Waals surface area contributed by atoms with E-state index in [0.29, 0.717) is 0 Å². The van der Waals surface area contributed by atoms with Crippen LogP contribution in [-0.4, -0.2) is 5.11 Å². The zero-order valence-electron chi connectivity index (χ0n) is 6.18. The van der Waals surface area contributed by atoms with Crippen LogP contribution in [0, 0.1) is 64.0 Å². The molecule has 0 amide bonds. The van der Waals surface area contributed by atoms with E-state index in [-0.39, 0.29) is 49.8 Å². The maximum Gasteiger partial charge on any atom is 0.00708 e. The van der Waals surface area contributed by atoms with Gasteiger partial charge < -0.3 is 5.11 Å². The first-order chi connectivity index (χ1) is 4.22. The summed E-state index contributed by atoms with van der Waals surface area (Å²) in [5.74, 6) is 0.259. The Morgan fingerprint density at radius 2 is 2.00 bits per heavy atom. The molecule has 0 atom stereocenters. The Morgan fingerprint density at radius 1 is 1.40 bits per heavy atom. The zero-order chi connectivity index (χ0) is 6.85. The van der Waals surface area contributed by atoms with E-state index in [1.807, 2.05) is 19.9 Å². The van der Waals surface area contributed by atoms with Crippen molar-refractivity contribution in [2.45, 2.75) is 13.8 Å². The molecule has 1 nitrogen and oxygen atoms in total. The molecule has 2 heteroatoms. The van der Waals surface area contributed by atoms with Crippen LogP contribution in [0.1, 0.15) is 11.1 Å². The number of aromatic hydroxyl groups is 1. The molecule has 0 aliphatic rings. The van der Waals surface area contributed by atoms with E-state index in [1.54, 1.807) is 6.07 Å². The van der Waals surface area contributed by atoms with Crippen LogP contribution >= 0.6 is 0 Å². The second kappa shape index (κ2) is 4.36. The molecule has 10 heavy (non-hydrogen) atoms. The maximum atomic E-state index is 9.04. The summed E-state index contributed by atoms with van der Waals surface area (Å²) in [7, 11) is 0. The molecule has 0 heterocycles. The van der Waals surface area contributed by atoms with Crippen LogP contribution in [0.3, 0.4) is 0 Å². The van der Waals surface area contributed by atoms with Crippen molar-refractivity contribution in [3.63, 3.8) is 0 Å². The van der Waals surface area contributed by atoms with Gasteiger partial charge in [0.1, 0.15) is 0 Å². The summed E-state index contributed by atoms with van der Waals surface area (Å²) in [5, 5.41) is 9.04. The largest absolute Gasteiger partial charge is 0.534 e. The predicted octanol–water partition coefficient (Wildman–Crippen LogP) is 1.81. The number of rotatable bonds is 0. The summed E-state index contributed by atoms with van der Waals surface area (Å²) in [4.78, 5) is 0. The van der Waals surface area contributed by atoms with Crippen molar-refractivity contribution in [2.24, 2.45) is 0 Å². The Hall–Kier alpha value is 0.462. The van der Waals surface area contributed by atoms with Crippen molar-refractivity contribution in [3.05, 3.63) is 29.3 Å². The number of phenolic OH excluding ortho intramolecular Hbond substituents is 1. The van der Waals surface area contributed by atoms with Crippen molar-refractivity contribution >= 4 is 0 Å². The van der Waals surface area contributed by atoms with Gasteiger partial charge in [0.2, 0.25) is 0 Å². The molecule has 1 aromatic carbocycles. The number of hydrogen-bond acceptors (Lipinski definition) is 1. The Kier molecular flexibility index (Phi) is 4.56. The van der Waals surface area contributed by atoms with Gasteiger partial charge in [0.25, 0.3) is 0 Å². The number of phenols is 1. The van der Waals surface area contributed by atoms with E-state index in [2.05, 4.69) is 6.07 Å². The van der Waals surface area contributed by atoms with Gasteiger partial charge in [-0.05, 0) is 0 Å². The molecule has 1 radical (unpaired) electrons. The summed E-state index contributed by atoms with van der Waals surface area (Å²) < 4.78 is 0. The molecule has 1 rings (SSSR count). The first-order valence-corrected chi connectivity index (χ1v) is 2.88. The van der Waals surface area contributed by atoms with Crippen LogP contribution in [0.4, 0.5) is 0 Å². The average molecular weight is 348 g/mol. The molecule has 1 aromatic rings. The zero-order valence-corrected chi connectivity index (χ0v) is 10.9. The Balaban J connectivity index is 0.000000810. The summed E-state index contributed by atoms with van der Waals surface area (Å²) in [6.45, 7) is 3.84. The van der Waals surface area contributed by atoms with E-state index in [1.165, 1.54) is 0 Å². The van der Waals surface area contributed by atoms with Crippen molar-refractivity contribution in [1.29, 1.82) is 0 Å². The molecule has 0 saturated heterocycles. The van der Waals surface area contributed by atoms with Crippen molar-refractivity contribution in [3.8, 4) is 5.75 Å². The first kappa shape index (κ1) is 10.5. The topological polar surface area (TPSA) is 20.2 Å². The second-order valence-corrected chi connectivity index (χ2v) is 2.13. The van der Waals surface area contributed by atoms with E-state index < -0.39 is 0 Å². The van der Waals surface area contributed by atoms with Gasteiger partial charge in [-0.15, -0.1) is 11.6 Å².